The van der Waals surface area contributed by atoms with Gasteiger partial charge in [-0.25, -0.2) is 0 Å². The highest BCUT2D eigenvalue weighted by atomic mass is 16.5. The van der Waals surface area contributed by atoms with E-state index in [-0.39, 0.29) is 12.5 Å². The number of carbonyl (C=O) groups excluding carboxylic acids is 1. The summed E-state index contributed by atoms with van der Waals surface area (Å²) in [6, 6.07) is 10.9. The molecule has 0 bridgehead atoms. The molecule has 2 rings (SSSR count). The van der Waals surface area contributed by atoms with Crippen LogP contribution >= 0.6 is 0 Å². The summed E-state index contributed by atoms with van der Waals surface area (Å²) in [4.78, 5) is 12.0. The van der Waals surface area contributed by atoms with E-state index < -0.39 is 0 Å². The highest BCUT2D eigenvalue weighted by Crippen LogP contribution is 2.26. The molecule has 0 atom stereocenters. The normalized spacial score (nSPS) is 10.1. The Bertz CT molecular complexity index is 684. The van der Waals surface area contributed by atoms with Crippen molar-refractivity contribution in [3.8, 4) is 11.5 Å². The zero-order valence-electron chi connectivity index (χ0n) is 13.0. The fourth-order valence-corrected chi connectivity index (χ4v) is 2.00. The third-order valence-corrected chi connectivity index (χ3v) is 3.20. The summed E-state index contributed by atoms with van der Waals surface area (Å²) < 4.78 is 10.8. The van der Waals surface area contributed by atoms with Crippen LogP contribution in [0.15, 0.2) is 36.4 Å². The molecular formula is C17H20N2O3. The van der Waals surface area contributed by atoms with E-state index in [0.717, 1.165) is 11.1 Å². The molecule has 0 aromatic heterocycles. The van der Waals surface area contributed by atoms with Gasteiger partial charge >= 0.3 is 0 Å². The quantitative estimate of drug-likeness (QED) is 0.833. The minimum absolute atomic E-state index is 0.0716. The van der Waals surface area contributed by atoms with Gasteiger partial charge in [0.25, 0.3) is 5.91 Å². The molecule has 0 radical (unpaired) electrons. The lowest BCUT2D eigenvalue weighted by Gasteiger charge is -2.12. The molecular weight excluding hydrogens is 280 g/mol. The van der Waals surface area contributed by atoms with E-state index in [1.165, 1.54) is 7.11 Å². The third kappa shape index (κ3) is 3.91. The van der Waals surface area contributed by atoms with Gasteiger partial charge in [0.2, 0.25) is 0 Å². The van der Waals surface area contributed by atoms with Crippen molar-refractivity contribution in [2.24, 2.45) is 0 Å². The number of hydrogen-bond donors (Lipinski definition) is 2. The molecule has 2 aromatic rings. The first-order valence-corrected chi connectivity index (χ1v) is 6.93. The van der Waals surface area contributed by atoms with Crippen LogP contribution in [0, 0.1) is 13.8 Å². The lowest BCUT2D eigenvalue weighted by Crippen LogP contribution is -2.20. The SMILES string of the molecule is COc1cc(N)ccc1NC(=O)COc1cc(C)ccc1C. The van der Waals surface area contributed by atoms with Gasteiger partial charge in [0.1, 0.15) is 11.5 Å². The van der Waals surface area contributed by atoms with E-state index in [1.807, 2.05) is 32.0 Å². The number of anilines is 2. The molecule has 0 aliphatic carbocycles. The lowest BCUT2D eigenvalue weighted by molar-refractivity contribution is -0.118. The first-order valence-electron chi connectivity index (χ1n) is 6.93. The maximum Gasteiger partial charge on any atom is 0.262 e. The molecule has 2 aromatic carbocycles. The van der Waals surface area contributed by atoms with Gasteiger partial charge in [-0.15, -0.1) is 0 Å². The standard InChI is InChI=1S/C17H20N2O3/c1-11-4-5-12(2)15(8-11)22-10-17(20)19-14-7-6-13(18)9-16(14)21-3/h4-9H,10,18H2,1-3H3,(H,19,20). The van der Waals surface area contributed by atoms with Crippen molar-refractivity contribution in [3.63, 3.8) is 0 Å². The van der Waals surface area contributed by atoms with E-state index in [9.17, 15) is 4.79 Å². The van der Waals surface area contributed by atoms with Gasteiger partial charge in [0, 0.05) is 11.8 Å². The zero-order chi connectivity index (χ0) is 16.1. The maximum atomic E-state index is 12.0. The Balaban J connectivity index is 2.00. The fourth-order valence-electron chi connectivity index (χ4n) is 2.00. The Labute approximate surface area is 130 Å². The number of aryl methyl sites for hydroxylation is 2. The average Bonchev–Trinajstić information content (AvgIpc) is 2.50. The molecule has 3 N–H and O–H groups in total. The maximum absolute atomic E-state index is 12.0. The van der Waals surface area contributed by atoms with Gasteiger partial charge in [-0.05, 0) is 43.2 Å². The highest BCUT2D eigenvalue weighted by molar-refractivity contribution is 5.93. The Hall–Kier alpha value is -2.69. The molecule has 0 aliphatic heterocycles. The van der Waals surface area contributed by atoms with E-state index >= 15 is 0 Å². The van der Waals surface area contributed by atoms with E-state index in [1.54, 1.807) is 18.2 Å². The Kier molecular flexibility index (Phi) is 4.88. The number of methoxy groups -OCH3 is 1. The van der Waals surface area contributed by atoms with Crippen molar-refractivity contribution in [2.45, 2.75) is 13.8 Å². The molecule has 5 nitrogen and oxygen atoms in total. The number of carbonyl (C=O) groups is 1. The minimum atomic E-state index is -0.260. The van der Waals surface area contributed by atoms with Gasteiger partial charge in [0.15, 0.2) is 6.61 Å². The van der Waals surface area contributed by atoms with Crippen LogP contribution in [-0.2, 0) is 4.79 Å². The van der Waals surface area contributed by atoms with Crippen LogP contribution in [0.25, 0.3) is 0 Å². The van der Waals surface area contributed by atoms with Crippen LogP contribution in [0.3, 0.4) is 0 Å². The summed E-state index contributed by atoms with van der Waals surface area (Å²) in [5.41, 5.74) is 8.89. The van der Waals surface area contributed by atoms with Crippen LogP contribution in [0.5, 0.6) is 11.5 Å². The summed E-state index contributed by atoms with van der Waals surface area (Å²) in [7, 11) is 1.52. The van der Waals surface area contributed by atoms with Gasteiger partial charge in [-0.3, -0.25) is 4.79 Å². The Morgan fingerprint density at radius 2 is 1.91 bits per heavy atom. The molecule has 0 unspecified atom stereocenters. The van der Waals surface area contributed by atoms with Gasteiger partial charge < -0.3 is 20.5 Å². The predicted octanol–water partition coefficient (Wildman–Crippen LogP) is 2.91. The first-order chi connectivity index (χ1) is 10.5. The van der Waals surface area contributed by atoms with Crippen LogP contribution in [0.2, 0.25) is 0 Å². The number of hydrogen-bond acceptors (Lipinski definition) is 4. The lowest BCUT2D eigenvalue weighted by atomic mass is 10.1. The first kappa shape index (κ1) is 15.7. The summed E-state index contributed by atoms with van der Waals surface area (Å²) in [5, 5.41) is 2.75. The molecule has 22 heavy (non-hydrogen) atoms. The Morgan fingerprint density at radius 3 is 2.64 bits per heavy atom. The molecule has 0 spiro atoms. The van der Waals surface area contributed by atoms with Crippen LogP contribution in [-0.4, -0.2) is 19.6 Å². The number of nitrogens with one attached hydrogen (secondary N) is 1. The van der Waals surface area contributed by atoms with Crippen LogP contribution < -0.4 is 20.5 Å². The summed E-state index contributed by atoms with van der Waals surface area (Å²) in [5.74, 6) is 0.962. The van der Waals surface area contributed by atoms with Gasteiger partial charge in [-0.2, -0.15) is 0 Å². The fraction of sp³-hybridized carbons (Fsp3) is 0.235. The van der Waals surface area contributed by atoms with Gasteiger partial charge in [-0.1, -0.05) is 12.1 Å². The van der Waals surface area contributed by atoms with E-state index in [0.29, 0.717) is 22.9 Å². The summed E-state index contributed by atoms with van der Waals surface area (Å²) in [6.07, 6.45) is 0. The van der Waals surface area contributed by atoms with Crippen molar-refractivity contribution >= 4 is 17.3 Å². The molecule has 0 heterocycles. The number of amides is 1. The topological polar surface area (TPSA) is 73.6 Å². The average molecular weight is 300 g/mol. The van der Waals surface area contributed by atoms with Crippen molar-refractivity contribution in [3.05, 3.63) is 47.5 Å². The molecule has 0 saturated heterocycles. The number of ether oxygens (including phenoxy) is 2. The number of benzene rings is 2. The number of rotatable bonds is 5. The van der Waals surface area contributed by atoms with Crippen molar-refractivity contribution < 1.29 is 14.3 Å². The van der Waals surface area contributed by atoms with Gasteiger partial charge in [0.05, 0.1) is 12.8 Å². The van der Waals surface area contributed by atoms with Crippen molar-refractivity contribution in [1.82, 2.24) is 0 Å². The second-order valence-corrected chi connectivity index (χ2v) is 5.07. The van der Waals surface area contributed by atoms with Crippen molar-refractivity contribution in [2.75, 3.05) is 24.8 Å². The monoisotopic (exact) mass is 300 g/mol. The second-order valence-electron chi connectivity index (χ2n) is 5.07. The van der Waals surface area contributed by atoms with Crippen LogP contribution in [0.4, 0.5) is 11.4 Å². The Morgan fingerprint density at radius 1 is 1.14 bits per heavy atom. The number of nitrogen functional groups attached to an aromatic ring is 1. The summed E-state index contributed by atoms with van der Waals surface area (Å²) >= 11 is 0. The third-order valence-electron chi connectivity index (χ3n) is 3.20. The molecule has 1 amide bonds. The molecule has 0 fully saturated rings. The smallest absolute Gasteiger partial charge is 0.262 e. The minimum Gasteiger partial charge on any atom is -0.494 e. The van der Waals surface area contributed by atoms with E-state index in [2.05, 4.69) is 5.32 Å². The molecule has 0 aliphatic rings. The van der Waals surface area contributed by atoms with Crippen LogP contribution in [0.1, 0.15) is 11.1 Å². The van der Waals surface area contributed by atoms with E-state index in [4.69, 9.17) is 15.2 Å². The zero-order valence-corrected chi connectivity index (χ0v) is 13.0. The molecule has 116 valence electrons. The highest BCUT2D eigenvalue weighted by Gasteiger charge is 2.09. The second kappa shape index (κ2) is 6.85. The predicted molar refractivity (Wildman–Crippen MR) is 87.4 cm³/mol. The molecule has 0 saturated carbocycles. The van der Waals surface area contributed by atoms with Crippen molar-refractivity contribution in [1.29, 1.82) is 0 Å². The number of nitrogens with two attached hydrogens (primary N) is 1. The summed E-state index contributed by atoms with van der Waals surface area (Å²) in [6.45, 7) is 3.85. The molecule has 5 heteroatoms. The largest absolute Gasteiger partial charge is 0.494 e.